The molecular formula is C10H10Br2Cl3NO3S. The topological polar surface area (TPSA) is 57.6 Å². The van der Waals surface area contributed by atoms with Crippen LogP contribution in [0.3, 0.4) is 0 Å². The standard InChI is InChI=1S/C10H10Br2Cl3NO3S/c1-8(2-3-9(13,14)15)4(5(17)18)16-6(19)10(11,12)7(16)20-8/h4,7H,2-3H2,1H3,(H,17,18)/t4-,7+,8?/m0/s1. The number of alkyl halides is 5. The Hall–Kier alpha value is 1.12. The summed E-state index contributed by atoms with van der Waals surface area (Å²) in [6.07, 6.45) is 0.596. The Kier molecular flexibility index (Phi) is 4.66. The summed E-state index contributed by atoms with van der Waals surface area (Å²) in [5, 5.41) is 9.16. The molecule has 114 valence electrons. The number of aliphatic carboxylic acids is 1. The summed E-state index contributed by atoms with van der Waals surface area (Å²) in [6, 6.07) is -0.930. The van der Waals surface area contributed by atoms with Gasteiger partial charge in [0.25, 0.3) is 5.91 Å². The minimum absolute atomic E-state index is 0.220. The third kappa shape index (κ3) is 2.83. The van der Waals surface area contributed by atoms with Crippen LogP contribution in [0.15, 0.2) is 0 Å². The van der Waals surface area contributed by atoms with E-state index in [9.17, 15) is 14.7 Å². The van der Waals surface area contributed by atoms with Crippen LogP contribution >= 0.6 is 78.4 Å². The molecule has 1 amide bonds. The zero-order valence-corrected chi connectivity index (χ0v) is 16.3. The maximum Gasteiger partial charge on any atom is 0.327 e. The zero-order valence-electron chi connectivity index (χ0n) is 10.1. The van der Waals surface area contributed by atoms with Crippen LogP contribution < -0.4 is 0 Å². The molecule has 2 fully saturated rings. The lowest BCUT2D eigenvalue weighted by atomic mass is 9.92. The van der Waals surface area contributed by atoms with Crippen molar-refractivity contribution in [3.05, 3.63) is 0 Å². The minimum atomic E-state index is -1.44. The fraction of sp³-hybridized carbons (Fsp3) is 0.800. The number of thioether (sulfide) groups is 1. The number of amides is 1. The van der Waals surface area contributed by atoms with Crippen LogP contribution in [0.4, 0.5) is 0 Å². The maximum atomic E-state index is 12.0. The molecule has 2 aliphatic rings. The van der Waals surface area contributed by atoms with E-state index in [0.717, 1.165) is 0 Å². The number of fused-ring (bicyclic) bond motifs is 1. The average Bonchev–Trinajstić information content (AvgIpc) is 2.58. The van der Waals surface area contributed by atoms with Gasteiger partial charge in [-0.25, -0.2) is 4.79 Å². The van der Waals surface area contributed by atoms with E-state index in [2.05, 4.69) is 31.9 Å². The summed E-state index contributed by atoms with van der Waals surface area (Å²) in [6.45, 7) is 1.79. The van der Waals surface area contributed by atoms with Gasteiger partial charge in [-0.3, -0.25) is 4.79 Å². The van der Waals surface area contributed by atoms with E-state index < -0.39 is 23.8 Å². The minimum Gasteiger partial charge on any atom is -0.480 e. The first-order valence-electron chi connectivity index (χ1n) is 5.58. The van der Waals surface area contributed by atoms with E-state index in [1.54, 1.807) is 6.92 Å². The molecular weight excluding hydrogens is 480 g/mol. The van der Waals surface area contributed by atoms with Gasteiger partial charge in [-0.15, -0.1) is 11.8 Å². The third-order valence-corrected chi connectivity index (χ3v) is 7.95. The van der Waals surface area contributed by atoms with Crippen molar-refractivity contribution < 1.29 is 14.7 Å². The Morgan fingerprint density at radius 1 is 1.50 bits per heavy atom. The molecule has 0 radical (unpaired) electrons. The van der Waals surface area contributed by atoms with Gasteiger partial charge in [-0.05, 0) is 19.8 Å². The SMILES string of the molecule is CC1(CCC(Cl)(Cl)Cl)S[C@H]2N(C(=O)C2(Br)Br)[C@H]1C(=O)O. The second kappa shape index (κ2) is 5.34. The zero-order chi connectivity index (χ0) is 15.5. The van der Waals surface area contributed by atoms with Crippen LogP contribution in [0, 0.1) is 0 Å². The normalized spacial score (nSPS) is 35.7. The highest BCUT2D eigenvalue weighted by atomic mass is 79.9. The first-order chi connectivity index (χ1) is 8.90. The molecule has 2 saturated heterocycles. The largest absolute Gasteiger partial charge is 0.480 e. The van der Waals surface area contributed by atoms with E-state index in [1.165, 1.54) is 16.7 Å². The average molecular weight is 490 g/mol. The lowest BCUT2D eigenvalue weighted by Gasteiger charge is -2.46. The Labute approximate surface area is 152 Å². The predicted molar refractivity (Wildman–Crippen MR) is 88.2 cm³/mol. The molecule has 10 heteroatoms. The predicted octanol–water partition coefficient (Wildman–Crippen LogP) is 3.75. The van der Waals surface area contributed by atoms with Crippen molar-refractivity contribution >= 4 is 90.3 Å². The summed E-state index contributed by atoms with van der Waals surface area (Å²) in [7, 11) is 0. The van der Waals surface area contributed by atoms with Crippen molar-refractivity contribution in [3.8, 4) is 0 Å². The molecule has 0 spiro atoms. The fourth-order valence-electron chi connectivity index (χ4n) is 2.46. The van der Waals surface area contributed by atoms with Gasteiger partial charge >= 0.3 is 5.97 Å². The highest BCUT2D eigenvalue weighted by molar-refractivity contribution is 9.26. The van der Waals surface area contributed by atoms with Crippen LogP contribution in [0.5, 0.6) is 0 Å². The summed E-state index contributed by atoms with van der Waals surface area (Å²) >= 11 is 25.2. The monoisotopic (exact) mass is 487 g/mol. The van der Waals surface area contributed by atoms with Crippen LogP contribution in [-0.2, 0) is 9.59 Å². The van der Waals surface area contributed by atoms with E-state index in [1.807, 2.05) is 0 Å². The Morgan fingerprint density at radius 2 is 2.05 bits per heavy atom. The molecule has 2 aliphatic heterocycles. The lowest BCUT2D eigenvalue weighted by Crippen LogP contribution is -2.68. The molecule has 3 atom stereocenters. The fourth-order valence-corrected chi connectivity index (χ4v) is 5.80. The number of hydrogen-bond acceptors (Lipinski definition) is 3. The molecule has 0 aliphatic carbocycles. The molecule has 0 aromatic rings. The lowest BCUT2D eigenvalue weighted by molar-refractivity contribution is -0.157. The maximum absolute atomic E-state index is 12.0. The van der Waals surface area contributed by atoms with Crippen molar-refractivity contribution in [2.45, 2.75) is 43.0 Å². The molecule has 0 aromatic carbocycles. The first kappa shape index (κ1) is 17.5. The van der Waals surface area contributed by atoms with E-state index in [4.69, 9.17) is 34.8 Å². The first-order valence-corrected chi connectivity index (χ1v) is 9.18. The molecule has 2 rings (SSSR count). The van der Waals surface area contributed by atoms with Crippen molar-refractivity contribution in [2.24, 2.45) is 0 Å². The second-order valence-corrected chi connectivity index (χ2v) is 12.7. The van der Waals surface area contributed by atoms with E-state index >= 15 is 0 Å². The number of carboxylic acid groups (broad SMARTS) is 1. The van der Waals surface area contributed by atoms with Crippen molar-refractivity contribution in [1.29, 1.82) is 0 Å². The number of nitrogens with zero attached hydrogens (tertiary/aromatic N) is 1. The number of carbonyl (C=O) groups is 2. The number of carbonyl (C=O) groups excluding carboxylic acids is 1. The Balaban J connectivity index is 2.25. The molecule has 20 heavy (non-hydrogen) atoms. The van der Waals surface area contributed by atoms with Gasteiger partial charge < -0.3 is 10.0 Å². The highest BCUT2D eigenvalue weighted by Gasteiger charge is 2.70. The third-order valence-electron chi connectivity index (χ3n) is 3.46. The van der Waals surface area contributed by atoms with Crippen molar-refractivity contribution in [1.82, 2.24) is 4.90 Å². The van der Waals surface area contributed by atoms with Crippen LogP contribution in [-0.4, -0.2) is 45.1 Å². The van der Waals surface area contributed by atoms with E-state index in [0.29, 0.717) is 6.42 Å². The van der Waals surface area contributed by atoms with Gasteiger partial charge in [-0.1, -0.05) is 66.7 Å². The number of rotatable bonds is 3. The van der Waals surface area contributed by atoms with Crippen LogP contribution in [0.25, 0.3) is 0 Å². The molecule has 0 saturated carbocycles. The van der Waals surface area contributed by atoms with Gasteiger partial charge in [-0.2, -0.15) is 0 Å². The second-order valence-electron chi connectivity index (χ2n) is 4.97. The molecule has 0 bridgehead atoms. The Bertz CT molecular complexity index is 473. The van der Waals surface area contributed by atoms with Gasteiger partial charge in [0.15, 0.2) is 7.03 Å². The quantitative estimate of drug-likeness (QED) is 0.484. The van der Waals surface area contributed by atoms with Crippen molar-refractivity contribution in [2.75, 3.05) is 0 Å². The molecule has 2 heterocycles. The smallest absolute Gasteiger partial charge is 0.327 e. The molecule has 1 N–H and O–H groups in total. The van der Waals surface area contributed by atoms with Gasteiger partial charge in [0, 0.05) is 4.75 Å². The summed E-state index contributed by atoms with van der Waals surface area (Å²) in [4.78, 5) is 25.0. The van der Waals surface area contributed by atoms with Crippen molar-refractivity contribution in [3.63, 3.8) is 0 Å². The summed E-state index contributed by atoms with van der Waals surface area (Å²) < 4.78 is -3.05. The van der Waals surface area contributed by atoms with Gasteiger partial charge in [0.1, 0.15) is 11.4 Å². The summed E-state index contributed by atoms with van der Waals surface area (Å²) in [5.41, 5.74) is 0. The van der Waals surface area contributed by atoms with Crippen LogP contribution in [0.1, 0.15) is 19.8 Å². The number of halogens is 5. The number of β-lactam (4-membered cyclic amide) rings is 1. The number of hydrogen-bond donors (Lipinski definition) is 1. The van der Waals surface area contributed by atoms with Crippen LogP contribution in [0.2, 0.25) is 0 Å². The molecule has 1 unspecified atom stereocenters. The van der Waals surface area contributed by atoms with Gasteiger partial charge in [0.2, 0.25) is 0 Å². The molecule has 4 nitrogen and oxygen atoms in total. The molecule has 0 aromatic heterocycles. The van der Waals surface area contributed by atoms with Gasteiger partial charge in [0.05, 0.1) is 0 Å². The Morgan fingerprint density at radius 3 is 2.50 bits per heavy atom. The highest BCUT2D eigenvalue weighted by Crippen LogP contribution is 2.61. The van der Waals surface area contributed by atoms with E-state index in [-0.39, 0.29) is 17.7 Å². The number of carboxylic acids is 1. The summed E-state index contributed by atoms with van der Waals surface area (Å²) in [5.74, 6) is -1.34.